The Morgan fingerprint density at radius 1 is 1.10 bits per heavy atom. The lowest BCUT2D eigenvalue weighted by molar-refractivity contribution is -0.139. The number of nitrogens with zero attached hydrogens (tertiary/aromatic N) is 2. The molecule has 0 aromatic carbocycles. The topological polar surface area (TPSA) is 23.6 Å². The summed E-state index contributed by atoms with van der Waals surface area (Å²) in [6.07, 6.45) is 12.6. The highest BCUT2D eigenvalue weighted by Gasteiger charge is 2.30. The van der Waals surface area contributed by atoms with Crippen LogP contribution in [0.2, 0.25) is 0 Å². The molecule has 0 N–H and O–H groups in total. The van der Waals surface area contributed by atoms with Crippen molar-refractivity contribution in [1.82, 2.24) is 9.80 Å². The summed E-state index contributed by atoms with van der Waals surface area (Å²) in [5.74, 6) is 0.805. The Balaban J connectivity index is 1.37. The molecule has 1 saturated heterocycles. The van der Waals surface area contributed by atoms with E-state index in [0.29, 0.717) is 11.8 Å². The van der Waals surface area contributed by atoms with Crippen molar-refractivity contribution in [2.45, 2.75) is 51.4 Å². The minimum absolute atomic E-state index is 0.369. The van der Waals surface area contributed by atoms with Crippen molar-refractivity contribution in [1.29, 1.82) is 0 Å². The van der Waals surface area contributed by atoms with Crippen molar-refractivity contribution in [3.05, 3.63) is 11.6 Å². The van der Waals surface area contributed by atoms with Crippen LogP contribution in [-0.2, 0) is 4.79 Å². The van der Waals surface area contributed by atoms with Crippen LogP contribution in [-0.4, -0.2) is 48.4 Å². The number of hydrogen-bond acceptors (Lipinski definition) is 2. The molecule has 0 spiro atoms. The van der Waals surface area contributed by atoms with Gasteiger partial charge in [0.1, 0.15) is 0 Å². The van der Waals surface area contributed by atoms with E-state index in [-0.39, 0.29) is 0 Å². The number of piperazine rings is 1. The van der Waals surface area contributed by atoms with Crippen LogP contribution < -0.4 is 0 Å². The minimum Gasteiger partial charge on any atom is -0.340 e. The zero-order chi connectivity index (χ0) is 13.8. The molecule has 2 fully saturated rings. The number of carbonyl (C=O) groups is 1. The maximum absolute atomic E-state index is 12.2. The molecule has 20 heavy (non-hydrogen) atoms. The molecule has 1 aliphatic heterocycles. The second kappa shape index (κ2) is 6.75. The third-order valence-corrected chi connectivity index (χ3v) is 5.27. The monoisotopic (exact) mass is 276 g/mol. The predicted molar refractivity (Wildman–Crippen MR) is 81.5 cm³/mol. The van der Waals surface area contributed by atoms with E-state index in [4.69, 9.17) is 0 Å². The van der Waals surface area contributed by atoms with E-state index in [1.54, 1.807) is 5.57 Å². The summed E-state index contributed by atoms with van der Waals surface area (Å²) in [6.45, 7) is 5.25. The molecule has 1 amide bonds. The van der Waals surface area contributed by atoms with Crippen LogP contribution in [0.25, 0.3) is 0 Å². The normalized spacial score (nSPS) is 25.2. The molecule has 0 radical (unpaired) electrons. The van der Waals surface area contributed by atoms with E-state index in [0.717, 1.165) is 39.0 Å². The van der Waals surface area contributed by atoms with Gasteiger partial charge in [0, 0.05) is 38.6 Å². The van der Waals surface area contributed by atoms with Crippen molar-refractivity contribution < 1.29 is 4.79 Å². The molecule has 0 aromatic rings. The van der Waals surface area contributed by atoms with Gasteiger partial charge in [-0.25, -0.2) is 0 Å². The van der Waals surface area contributed by atoms with Gasteiger partial charge in [0.15, 0.2) is 0 Å². The van der Waals surface area contributed by atoms with Crippen molar-refractivity contribution >= 4 is 5.91 Å². The number of amides is 1. The molecular formula is C17H28N2O. The molecule has 1 heterocycles. The fourth-order valence-corrected chi connectivity index (χ4v) is 3.54. The molecule has 3 heteroatoms. The quantitative estimate of drug-likeness (QED) is 0.737. The standard InChI is InChI=1S/C17H28N2O/c20-17(16-7-4-8-16)19-13-11-18(12-14-19)10-9-15-5-2-1-3-6-15/h5,16H,1-4,6-14H2. The van der Waals surface area contributed by atoms with Crippen LogP contribution in [0.4, 0.5) is 0 Å². The van der Waals surface area contributed by atoms with E-state index in [1.165, 1.54) is 45.1 Å². The Bertz CT molecular complexity index is 365. The van der Waals surface area contributed by atoms with Crippen LogP contribution in [0.3, 0.4) is 0 Å². The van der Waals surface area contributed by atoms with E-state index >= 15 is 0 Å². The SMILES string of the molecule is O=C(C1CCC1)N1CCN(CCC2=CCCCC2)CC1. The summed E-state index contributed by atoms with van der Waals surface area (Å²) < 4.78 is 0. The van der Waals surface area contributed by atoms with Gasteiger partial charge in [0.25, 0.3) is 0 Å². The zero-order valence-electron chi connectivity index (χ0n) is 12.6. The van der Waals surface area contributed by atoms with Crippen LogP contribution in [0.15, 0.2) is 11.6 Å². The van der Waals surface area contributed by atoms with Gasteiger partial charge in [-0.05, 0) is 44.9 Å². The zero-order valence-corrected chi connectivity index (χ0v) is 12.6. The summed E-state index contributed by atoms with van der Waals surface area (Å²) in [5.41, 5.74) is 1.67. The highest BCUT2D eigenvalue weighted by Crippen LogP contribution is 2.28. The van der Waals surface area contributed by atoms with Crippen LogP contribution in [0, 0.1) is 5.92 Å². The first-order valence-corrected chi connectivity index (χ1v) is 8.52. The van der Waals surface area contributed by atoms with Gasteiger partial charge in [0.2, 0.25) is 5.91 Å². The molecule has 0 aromatic heterocycles. The first kappa shape index (κ1) is 14.1. The van der Waals surface area contributed by atoms with Gasteiger partial charge in [-0.2, -0.15) is 0 Å². The van der Waals surface area contributed by atoms with Crippen LogP contribution in [0.1, 0.15) is 51.4 Å². The molecule has 112 valence electrons. The Morgan fingerprint density at radius 2 is 1.90 bits per heavy atom. The van der Waals surface area contributed by atoms with E-state index in [2.05, 4.69) is 15.9 Å². The van der Waals surface area contributed by atoms with Crippen molar-refractivity contribution in [2.24, 2.45) is 5.92 Å². The fourth-order valence-electron chi connectivity index (χ4n) is 3.54. The molecule has 3 nitrogen and oxygen atoms in total. The number of carbonyl (C=O) groups excluding carboxylic acids is 1. The van der Waals surface area contributed by atoms with Gasteiger partial charge < -0.3 is 4.90 Å². The Labute approximate surface area is 123 Å². The molecule has 0 atom stereocenters. The highest BCUT2D eigenvalue weighted by atomic mass is 16.2. The van der Waals surface area contributed by atoms with Gasteiger partial charge in [0.05, 0.1) is 0 Å². The highest BCUT2D eigenvalue weighted by molar-refractivity contribution is 5.79. The summed E-state index contributed by atoms with van der Waals surface area (Å²) in [4.78, 5) is 16.8. The first-order valence-electron chi connectivity index (χ1n) is 8.52. The Kier molecular flexibility index (Phi) is 4.77. The number of hydrogen-bond donors (Lipinski definition) is 0. The lowest BCUT2D eigenvalue weighted by atomic mass is 9.84. The molecule has 3 rings (SSSR count). The Hall–Kier alpha value is -0.830. The number of allylic oxidation sites excluding steroid dienone is 1. The van der Waals surface area contributed by atoms with E-state index in [1.807, 2.05) is 0 Å². The lowest BCUT2D eigenvalue weighted by Gasteiger charge is -2.38. The van der Waals surface area contributed by atoms with Gasteiger partial charge >= 0.3 is 0 Å². The molecule has 0 unspecified atom stereocenters. The first-order chi connectivity index (χ1) is 9.83. The summed E-state index contributed by atoms with van der Waals surface area (Å²) in [7, 11) is 0. The molecule has 3 aliphatic rings. The third-order valence-electron chi connectivity index (χ3n) is 5.27. The van der Waals surface area contributed by atoms with Crippen molar-refractivity contribution in [3.8, 4) is 0 Å². The maximum Gasteiger partial charge on any atom is 0.225 e. The minimum atomic E-state index is 0.369. The fraction of sp³-hybridized carbons (Fsp3) is 0.824. The predicted octanol–water partition coefficient (Wildman–Crippen LogP) is 2.82. The summed E-state index contributed by atoms with van der Waals surface area (Å²) in [6, 6.07) is 0. The molecule has 1 saturated carbocycles. The van der Waals surface area contributed by atoms with Gasteiger partial charge in [-0.3, -0.25) is 9.69 Å². The summed E-state index contributed by atoms with van der Waals surface area (Å²) in [5, 5.41) is 0. The average Bonchev–Trinajstić information content (AvgIpc) is 2.45. The number of rotatable bonds is 4. The second-order valence-corrected chi connectivity index (χ2v) is 6.65. The van der Waals surface area contributed by atoms with Crippen LogP contribution >= 0.6 is 0 Å². The second-order valence-electron chi connectivity index (χ2n) is 6.65. The smallest absolute Gasteiger partial charge is 0.225 e. The van der Waals surface area contributed by atoms with E-state index in [9.17, 15) is 4.79 Å². The van der Waals surface area contributed by atoms with Crippen molar-refractivity contribution in [3.63, 3.8) is 0 Å². The largest absolute Gasteiger partial charge is 0.340 e. The molecular weight excluding hydrogens is 248 g/mol. The molecule has 2 aliphatic carbocycles. The lowest BCUT2D eigenvalue weighted by Crippen LogP contribution is -2.51. The summed E-state index contributed by atoms with van der Waals surface area (Å²) >= 11 is 0. The van der Waals surface area contributed by atoms with E-state index < -0.39 is 0 Å². The maximum atomic E-state index is 12.2. The van der Waals surface area contributed by atoms with Gasteiger partial charge in [-0.1, -0.05) is 18.1 Å². The molecule has 0 bridgehead atoms. The van der Waals surface area contributed by atoms with Gasteiger partial charge in [-0.15, -0.1) is 0 Å². The average molecular weight is 276 g/mol. The van der Waals surface area contributed by atoms with Crippen LogP contribution in [0.5, 0.6) is 0 Å². The third kappa shape index (κ3) is 3.43. The Morgan fingerprint density at radius 3 is 2.50 bits per heavy atom. The van der Waals surface area contributed by atoms with Crippen molar-refractivity contribution in [2.75, 3.05) is 32.7 Å².